The molecule has 0 aromatic carbocycles. The lowest BCUT2D eigenvalue weighted by atomic mass is 10.1. The van der Waals surface area contributed by atoms with Crippen molar-refractivity contribution in [3.63, 3.8) is 0 Å². The van der Waals surface area contributed by atoms with Crippen molar-refractivity contribution in [1.82, 2.24) is 15.1 Å². The maximum absolute atomic E-state index is 12.5. The van der Waals surface area contributed by atoms with Crippen molar-refractivity contribution >= 4 is 11.8 Å². The molecule has 0 aromatic rings. The van der Waals surface area contributed by atoms with Crippen LogP contribution in [0, 0.1) is 0 Å². The average molecular weight is 283 g/mol. The van der Waals surface area contributed by atoms with Gasteiger partial charge in [-0.25, -0.2) is 0 Å². The van der Waals surface area contributed by atoms with Crippen molar-refractivity contribution in [3.8, 4) is 0 Å². The second kappa shape index (κ2) is 7.59. The first kappa shape index (κ1) is 15.3. The van der Waals surface area contributed by atoms with Gasteiger partial charge in [0.2, 0.25) is 11.8 Å². The van der Waals surface area contributed by atoms with E-state index in [0.717, 1.165) is 45.4 Å². The monoisotopic (exact) mass is 283 g/mol. The lowest BCUT2D eigenvalue weighted by Gasteiger charge is -2.33. The van der Waals surface area contributed by atoms with Gasteiger partial charge < -0.3 is 19.9 Å². The quantitative estimate of drug-likeness (QED) is 0.712. The van der Waals surface area contributed by atoms with Crippen molar-refractivity contribution in [2.24, 2.45) is 0 Å². The summed E-state index contributed by atoms with van der Waals surface area (Å²) in [5.41, 5.74) is 0. The Balaban J connectivity index is 1.88. The number of piperazine rings is 1. The fraction of sp³-hybridized carbons (Fsp3) is 0.857. The zero-order valence-corrected chi connectivity index (χ0v) is 12.3. The molecule has 2 fully saturated rings. The van der Waals surface area contributed by atoms with Gasteiger partial charge in [-0.05, 0) is 19.3 Å². The minimum atomic E-state index is -0.233. The third kappa shape index (κ3) is 3.70. The number of carbonyl (C=O) groups excluding carboxylic acids is 2. The van der Waals surface area contributed by atoms with Crippen LogP contribution in [0.15, 0.2) is 0 Å². The molecular weight excluding hydrogens is 258 g/mol. The van der Waals surface area contributed by atoms with Gasteiger partial charge in [-0.2, -0.15) is 0 Å². The zero-order valence-electron chi connectivity index (χ0n) is 12.3. The van der Waals surface area contributed by atoms with E-state index in [0.29, 0.717) is 19.6 Å². The fourth-order valence-electron chi connectivity index (χ4n) is 2.93. The average Bonchev–Trinajstić information content (AvgIpc) is 2.97. The van der Waals surface area contributed by atoms with Crippen LogP contribution in [-0.2, 0) is 14.3 Å². The Morgan fingerprint density at radius 2 is 2.00 bits per heavy atom. The third-order valence-electron chi connectivity index (χ3n) is 4.03. The number of hydrogen-bond donors (Lipinski definition) is 1. The number of ether oxygens (including phenoxy) is 1. The number of hydrogen-bond acceptors (Lipinski definition) is 4. The highest BCUT2D eigenvalue weighted by atomic mass is 16.5. The summed E-state index contributed by atoms with van der Waals surface area (Å²) in [6, 6.07) is -0.233. The van der Waals surface area contributed by atoms with Gasteiger partial charge in [-0.3, -0.25) is 9.59 Å². The number of nitrogens with one attached hydrogen (secondary N) is 1. The Labute approximate surface area is 120 Å². The van der Waals surface area contributed by atoms with Crippen LogP contribution in [0.25, 0.3) is 0 Å². The lowest BCUT2D eigenvalue weighted by Crippen LogP contribution is -2.53. The Hall–Kier alpha value is -1.14. The highest BCUT2D eigenvalue weighted by Crippen LogP contribution is 2.21. The van der Waals surface area contributed by atoms with Gasteiger partial charge in [-0.1, -0.05) is 0 Å². The van der Waals surface area contributed by atoms with E-state index in [4.69, 9.17) is 4.74 Å². The molecule has 2 saturated heterocycles. The molecule has 0 saturated carbocycles. The van der Waals surface area contributed by atoms with E-state index in [-0.39, 0.29) is 17.9 Å². The van der Waals surface area contributed by atoms with Crippen LogP contribution in [0.4, 0.5) is 0 Å². The van der Waals surface area contributed by atoms with E-state index in [1.54, 1.807) is 12.0 Å². The number of amides is 2. The molecule has 2 heterocycles. The summed E-state index contributed by atoms with van der Waals surface area (Å²) < 4.78 is 4.97. The molecule has 0 radical (unpaired) electrons. The molecule has 0 aromatic heterocycles. The van der Waals surface area contributed by atoms with Crippen LogP contribution < -0.4 is 5.32 Å². The Morgan fingerprint density at radius 1 is 1.25 bits per heavy atom. The van der Waals surface area contributed by atoms with Crippen molar-refractivity contribution in [2.75, 3.05) is 46.4 Å². The molecule has 6 nitrogen and oxygen atoms in total. The van der Waals surface area contributed by atoms with Crippen molar-refractivity contribution < 1.29 is 14.3 Å². The van der Waals surface area contributed by atoms with Gasteiger partial charge in [-0.15, -0.1) is 0 Å². The molecule has 2 aliphatic heterocycles. The minimum Gasteiger partial charge on any atom is -0.385 e. The molecular formula is C14H25N3O3. The van der Waals surface area contributed by atoms with Crippen molar-refractivity contribution in [2.45, 2.75) is 31.7 Å². The number of likely N-dealkylation sites (tertiary alicyclic amines) is 1. The smallest absolute Gasteiger partial charge is 0.245 e. The van der Waals surface area contributed by atoms with E-state index in [2.05, 4.69) is 5.32 Å². The lowest BCUT2D eigenvalue weighted by molar-refractivity contribution is -0.144. The highest BCUT2D eigenvalue weighted by Gasteiger charge is 2.36. The van der Waals surface area contributed by atoms with Gasteiger partial charge in [0.25, 0.3) is 0 Å². The van der Waals surface area contributed by atoms with Crippen molar-refractivity contribution in [3.05, 3.63) is 0 Å². The van der Waals surface area contributed by atoms with Gasteiger partial charge in [0.1, 0.15) is 6.04 Å². The SMILES string of the molecule is COCCCC(=O)N1CCCC1C(=O)N1CCNCC1. The number of rotatable bonds is 5. The Bertz CT molecular complexity index is 343. The summed E-state index contributed by atoms with van der Waals surface area (Å²) >= 11 is 0. The predicted molar refractivity (Wildman–Crippen MR) is 75.3 cm³/mol. The van der Waals surface area contributed by atoms with Crippen LogP contribution in [0.2, 0.25) is 0 Å². The molecule has 2 aliphatic rings. The molecule has 6 heteroatoms. The van der Waals surface area contributed by atoms with Crippen LogP contribution in [0.5, 0.6) is 0 Å². The van der Waals surface area contributed by atoms with E-state index >= 15 is 0 Å². The van der Waals surface area contributed by atoms with Gasteiger partial charge in [0.15, 0.2) is 0 Å². The number of carbonyl (C=O) groups is 2. The summed E-state index contributed by atoms with van der Waals surface area (Å²) in [4.78, 5) is 28.4. The van der Waals surface area contributed by atoms with Gasteiger partial charge >= 0.3 is 0 Å². The van der Waals surface area contributed by atoms with E-state index < -0.39 is 0 Å². The van der Waals surface area contributed by atoms with Crippen LogP contribution in [0.1, 0.15) is 25.7 Å². The van der Waals surface area contributed by atoms with E-state index in [1.807, 2.05) is 4.90 Å². The zero-order chi connectivity index (χ0) is 14.4. The summed E-state index contributed by atoms with van der Waals surface area (Å²) in [6.07, 6.45) is 2.93. The second-order valence-corrected chi connectivity index (χ2v) is 5.42. The molecule has 1 unspecified atom stereocenters. The molecule has 1 N–H and O–H groups in total. The molecule has 2 rings (SSSR count). The normalized spacial score (nSPS) is 23.1. The largest absolute Gasteiger partial charge is 0.385 e. The molecule has 1 atom stereocenters. The minimum absolute atomic E-state index is 0.0908. The van der Waals surface area contributed by atoms with Crippen molar-refractivity contribution in [1.29, 1.82) is 0 Å². The molecule has 114 valence electrons. The van der Waals surface area contributed by atoms with Gasteiger partial charge in [0, 0.05) is 52.9 Å². The molecule has 0 spiro atoms. The summed E-state index contributed by atoms with van der Waals surface area (Å²) in [6.45, 7) is 4.51. The first-order chi connectivity index (χ1) is 9.74. The van der Waals surface area contributed by atoms with Gasteiger partial charge in [0.05, 0.1) is 0 Å². The van der Waals surface area contributed by atoms with E-state index in [9.17, 15) is 9.59 Å². The first-order valence-electron chi connectivity index (χ1n) is 7.52. The van der Waals surface area contributed by atoms with Crippen LogP contribution in [-0.4, -0.2) is 74.1 Å². The summed E-state index contributed by atoms with van der Waals surface area (Å²) in [7, 11) is 1.64. The summed E-state index contributed by atoms with van der Waals surface area (Å²) in [5, 5.41) is 3.24. The predicted octanol–water partition coefficient (Wildman–Crippen LogP) is -0.164. The maximum atomic E-state index is 12.5. The molecule has 2 amide bonds. The number of nitrogens with zero attached hydrogens (tertiary/aromatic N) is 2. The standard InChI is InChI=1S/C14H25N3O3/c1-20-11-3-5-13(18)17-8-2-4-12(17)14(19)16-9-6-15-7-10-16/h12,15H,2-11H2,1H3. The molecule has 0 bridgehead atoms. The van der Waals surface area contributed by atoms with E-state index in [1.165, 1.54) is 0 Å². The first-order valence-corrected chi connectivity index (χ1v) is 7.52. The van der Waals surface area contributed by atoms with Crippen LogP contribution in [0.3, 0.4) is 0 Å². The topological polar surface area (TPSA) is 61.9 Å². The highest BCUT2D eigenvalue weighted by molar-refractivity contribution is 5.88. The fourth-order valence-corrected chi connectivity index (χ4v) is 2.93. The van der Waals surface area contributed by atoms with Crippen LogP contribution >= 0.6 is 0 Å². The number of methoxy groups -OCH3 is 1. The second-order valence-electron chi connectivity index (χ2n) is 5.42. The molecule has 20 heavy (non-hydrogen) atoms. The third-order valence-corrected chi connectivity index (χ3v) is 4.03. The summed E-state index contributed by atoms with van der Waals surface area (Å²) in [5.74, 6) is 0.220. The molecule has 0 aliphatic carbocycles. The Morgan fingerprint density at radius 3 is 2.70 bits per heavy atom. The maximum Gasteiger partial charge on any atom is 0.245 e. The Kier molecular flexibility index (Phi) is 5.79.